The number of nitrogens with zero attached hydrogens (tertiary/aromatic N) is 4. The van der Waals surface area contributed by atoms with E-state index in [0.29, 0.717) is 11.6 Å². The summed E-state index contributed by atoms with van der Waals surface area (Å²) in [5, 5.41) is 29.1. The molecule has 1 aromatic carbocycles. The van der Waals surface area contributed by atoms with Gasteiger partial charge in [0.15, 0.2) is 5.76 Å². The molecule has 0 saturated heterocycles. The van der Waals surface area contributed by atoms with Gasteiger partial charge in [-0.15, -0.1) is 10.2 Å². The highest BCUT2D eigenvalue weighted by atomic mass is 32.1. The Morgan fingerprint density at radius 3 is 2.88 bits per heavy atom. The predicted octanol–water partition coefficient (Wildman–Crippen LogP) is 2.32. The first kappa shape index (κ1) is 21.8. The molecule has 174 valence electrons. The molecule has 0 unspecified atom stereocenters. The van der Waals surface area contributed by atoms with Crippen LogP contribution in [0.1, 0.15) is 33.4 Å². The molecule has 4 aromatic rings. The van der Waals surface area contributed by atoms with Crippen LogP contribution in [0.25, 0.3) is 5.13 Å². The molecule has 0 saturated carbocycles. The molecule has 1 aliphatic rings. The highest BCUT2D eigenvalue weighted by molar-refractivity contribution is 7.17. The molecule has 12 heteroatoms. The maximum absolute atomic E-state index is 12.8. The minimum atomic E-state index is -0.830. The van der Waals surface area contributed by atoms with Gasteiger partial charge in [-0.3, -0.25) is 10.1 Å². The molecule has 0 bridgehead atoms. The van der Waals surface area contributed by atoms with Crippen LogP contribution in [-0.2, 0) is 6.42 Å². The number of fused-ring (bicyclic) bond motifs is 1. The number of benzene rings is 1. The summed E-state index contributed by atoms with van der Waals surface area (Å²) in [6, 6.07) is 10.3. The summed E-state index contributed by atoms with van der Waals surface area (Å²) < 4.78 is 12.0. The van der Waals surface area contributed by atoms with E-state index in [4.69, 9.17) is 9.15 Å². The number of nitrogens with one attached hydrogen (secondary N) is 2. The third kappa shape index (κ3) is 3.93. The second-order valence-electron chi connectivity index (χ2n) is 7.67. The maximum Gasteiger partial charge on any atom is 0.381 e. The summed E-state index contributed by atoms with van der Waals surface area (Å²) >= 11 is 1.12. The van der Waals surface area contributed by atoms with Crippen molar-refractivity contribution < 1.29 is 19.1 Å². The number of rotatable bonds is 6. The zero-order chi connectivity index (χ0) is 23.8. The Labute approximate surface area is 197 Å². The van der Waals surface area contributed by atoms with Crippen molar-refractivity contribution in [2.45, 2.75) is 25.5 Å². The Hall–Kier alpha value is -4.03. The topological polar surface area (TPSA) is 144 Å². The van der Waals surface area contributed by atoms with E-state index in [0.717, 1.165) is 28.2 Å². The van der Waals surface area contributed by atoms with E-state index in [2.05, 4.69) is 25.9 Å². The number of carbonyl (C=O) groups excluding carboxylic acids is 1. The highest BCUT2D eigenvalue weighted by Crippen LogP contribution is 2.36. The summed E-state index contributed by atoms with van der Waals surface area (Å²) in [5.41, 5.74) is 2.18. The third-order valence-electron chi connectivity index (χ3n) is 5.50. The van der Waals surface area contributed by atoms with E-state index in [1.165, 1.54) is 13.2 Å². The SMILES string of the molecule is COc1c(N[C@@H]2c3ccccc3C[C@@H]2O)cc(C(=O)Nc2nnc(-n3nccc3C)s2)oc1=O. The zero-order valence-electron chi connectivity index (χ0n) is 18.2. The van der Waals surface area contributed by atoms with Crippen LogP contribution < -0.4 is 21.0 Å². The molecule has 0 spiro atoms. The van der Waals surface area contributed by atoms with Gasteiger partial charge in [0.25, 0.3) is 5.91 Å². The average molecular weight is 481 g/mol. The molecule has 0 fully saturated rings. The van der Waals surface area contributed by atoms with E-state index in [1.807, 2.05) is 37.3 Å². The standard InChI is InChI=1S/C22H20N6O5S/c1-11-7-8-23-28(11)22-27-26-21(34-22)25-19(30)16-10-14(18(32-2)20(31)33-16)24-17-13-6-4-3-5-12(13)9-15(17)29/h3-8,10,15,17,24,29H,9H2,1-2H3,(H,25,26,30)/t15-,17+/m0/s1. The second-order valence-corrected chi connectivity index (χ2v) is 8.62. The maximum atomic E-state index is 12.8. The van der Waals surface area contributed by atoms with Gasteiger partial charge in [-0.1, -0.05) is 35.6 Å². The Kier molecular flexibility index (Phi) is 5.59. The van der Waals surface area contributed by atoms with Crippen LogP contribution in [0.15, 0.2) is 51.8 Å². The van der Waals surface area contributed by atoms with Crippen molar-refractivity contribution in [1.82, 2.24) is 20.0 Å². The van der Waals surface area contributed by atoms with E-state index >= 15 is 0 Å². The summed E-state index contributed by atoms with van der Waals surface area (Å²) in [6.45, 7) is 1.87. The molecule has 34 heavy (non-hydrogen) atoms. The van der Waals surface area contributed by atoms with Gasteiger partial charge in [-0.25, -0.2) is 9.48 Å². The van der Waals surface area contributed by atoms with Gasteiger partial charge in [-0.05, 0) is 24.1 Å². The van der Waals surface area contributed by atoms with Crippen LogP contribution in [-0.4, -0.2) is 44.2 Å². The number of ether oxygens (including phenoxy) is 1. The number of aryl methyl sites for hydroxylation is 1. The van der Waals surface area contributed by atoms with E-state index in [-0.39, 0.29) is 22.3 Å². The molecule has 3 aromatic heterocycles. The minimum absolute atomic E-state index is 0.0968. The molecule has 0 radical (unpaired) electrons. The lowest BCUT2D eigenvalue weighted by Gasteiger charge is -2.20. The molecule has 2 atom stereocenters. The zero-order valence-corrected chi connectivity index (χ0v) is 19.0. The summed E-state index contributed by atoms with van der Waals surface area (Å²) in [4.78, 5) is 25.4. The molecule has 1 amide bonds. The highest BCUT2D eigenvalue weighted by Gasteiger charge is 2.32. The Bertz CT molecular complexity index is 1430. The average Bonchev–Trinajstić information content (AvgIpc) is 3.53. The van der Waals surface area contributed by atoms with Gasteiger partial charge in [0.05, 0.1) is 24.9 Å². The Morgan fingerprint density at radius 1 is 1.29 bits per heavy atom. The molecule has 3 heterocycles. The number of anilines is 2. The molecule has 3 N–H and O–H groups in total. The number of aromatic nitrogens is 4. The fourth-order valence-corrected chi connectivity index (χ4v) is 4.65. The molecular formula is C22H20N6O5S. The lowest BCUT2D eigenvalue weighted by molar-refractivity contribution is 0.0991. The quantitative estimate of drug-likeness (QED) is 0.379. The molecule has 5 rings (SSSR count). The van der Waals surface area contributed by atoms with Crippen LogP contribution in [0.5, 0.6) is 5.75 Å². The first-order chi connectivity index (χ1) is 16.4. The number of hydrogen-bond donors (Lipinski definition) is 3. The summed E-state index contributed by atoms with van der Waals surface area (Å²) in [7, 11) is 1.33. The van der Waals surface area contributed by atoms with Crippen molar-refractivity contribution in [3.05, 3.63) is 75.6 Å². The van der Waals surface area contributed by atoms with Crippen molar-refractivity contribution >= 4 is 28.1 Å². The van der Waals surface area contributed by atoms with Gasteiger partial charge >= 0.3 is 5.63 Å². The van der Waals surface area contributed by atoms with E-state index in [1.54, 1.807) is 10.9 Å². The van der Waals surface area contributed by atoms with Crippen molar-refractivity contribution in [2.75, 3.05) is 17.7 Å². The van der Waals surface area contributed by atoms with Gasteiger partial charge in [0.1, 0.15) is 0 Å². The minimum Gasteiger partial charge on any atom is -0.488 e. The van der Waals surface area contributed by atoms with Crippen LogP contribution in [0, 0.1) is 6.92 Å². The van der Waals surface area contributed by atoms with Gasteiger partial charge in [0, 0.05) is 24.4 Å². The lowest BCUT2D eigenvalue weighted by atomic mass is 10.1. The van der Waals surface area contributed by atoms with Crippen molar-refractivity contribution in [3.8, 4) is 10.9 Å². The summed E-state index contributed by atoms with van der Waals surface area (Å²) in [6.07, 6.45) is 1.40. The van der Waals surface area contributed by atoms with Crippen molar-refractivity contribution in [3.63, 3.8) is 0 Å². The largest absolute Gasteiger partial charge is 0.488 e. The van der Waals surface area contributed by atoms with Gasteiger partial charge in [-0.2, -0.15) is 5.10 Å². The van der Waals surface area contributed by atoms with Crippen LogP contribution in [0.2, 0.25) is 0 Å². The molecule has 1 aliphatic carbocycles. The van der Waals surface area contributed by atoms with Crippen LogP contribution in [0.3, 0.4) is 0 Å². The smallest absolute Gasteiger partial charge is 0.381 e. The fourth-order valence-electron chi connectivity index (χ4n) is 3.89. The number of methoxy groups -OCH3 is 1. The second kappa shape index (κ2) is 8.72. The number of aliphatic hydroxyl groups excluding tert-OH is 1. The van der Waals surface area contributed by atoms with Gasteiger partial charge < -0.3 is 19.6 Å². The number of hydrogen-bond acceptors (Lipinski definition) is 10. The monoisotopic (exact) mass is 480 g/mol. The summed E-state index contributed by atoms with van der Waals surface area (Å²) in [5.74, 6) is -1.03. The Balaban J connectivity index is 1.41. The number of aliphatic hydroxyl groups is 1. The van der Waals surface area contributed by atoms with E-state index < -0.39 is 23.7 Å². The molecule has 11 nitrogen and oxygen atoms in total. The van der Waals surface area contributed by atoms with Crippen LogP contribution in [0.4, 0.5) is 10.8 Å². The van der Waals surface area contributed by atoms with E-state index in [9.17, 15) is 14.7 Å². The first-order valence-corrected chi connectivity index (χ1v) is 11.2. The number of amides is 1. The number of carbonyl (C=O) groups is 1. The molecule has 0 aliphatic heterocycles. The van der Waals surface area contributed by atoms with Crippen molar-refractivity contribution in [2.24, 2.45) is 0 Å². The normalized spacial score (nSPS) is 16.8. The third-order valence-corrected chi connectivity index (χ3v) is 6.31. The lowest BCUT2D eigenvalue weighted by Crippen LogP contribution is -2.23. The Morgan fingerprint density at radius 2 is 2.12 bits per heavy atom. The molecular weight excluding hydrogens is 460 g/mol. The van der Waals surface area contributed by atoms with Crippen LogP contribution >= 0.6 is 11.3 Å². The predicted molar refractivity (Wildman–Crippen MR) is 124 cm³/mol. The first-order valence-electron chi connectivity index (χ1n) is 10.3. The van der Waals surface area contributed by atoms with Crippen molar-refractivity contribution in [1.29, 1.82) is 0 Å². The van der Waals surface area contributed by atoms with Gasteiger partial charge in [0.2, 0.25) is 16.0 Å². The fraction of sp³-hybridized carbons (Fsp3) is 0.227.